The molecule has 0 aliphatic carbocycles. The maximum Gasteiger partial charge on any atom is 0.233 e. The number of carbonyl (C=O) groups is 1. The van der Waals surface area contributed by atoms with Crippen molar-refractivity contribution in [2.45, 2.75) is 31.8 Å². The Morgan fingerprint density at radius 3 is 3.00 bits per heavy atom. The number of benzene rings is 1. The number of amides is 1. The number of thioether (sulfide) groups is 1. The van der Waals surface area contributed by atoms with E-state index in [9.17, 15) is 4.79 Å². The number of nitrogens with zero attached hydrogens (tertiary/aromatic N) is 5. The minimum absolute atomic E-state index is 0.177. The predicted molar refractivity (Wildman–Crippen MR) is 98.7 cm³/mol. The number of para-hydroxylation sites is 1. The number of rotatable bonds is 3. The Balaban J connectivity index is 1.61. The molecule has 1 aromatic carbocycles. The Morgan fingerprint density at radius 2 is 2.16 bits per heavy atom. The number of aromatic nitrogens is 4. The molecule has 7 heteroatoms. The summed E-state index contributed by atoms with van der Waals surface area (Å²) in [5, 5.41) is 6.15. The monoisotopic (exact) mass is 355 g/mol. The molecule has 3 heterocycles. The molecule has 0 radical (unpaired) electrons. The van der Waals surface area contributed by atoms with E-state index >= 15 is 0 Å². The lowest BCUT2D eigenvalue weighted by molar-refractivity contribution is -0.130. The van der Waals surface area contributed by atoms with Crippen molar-refractivity contribution in [3.8, 4) is 0 Å². The van der Waals surface area contributed by atoms with E-state index < -0.39 is 0 Å². The molecule has 0 bridgehead atoms. The van der Waals surface area contributed by atoms with Gasteiger partial charge in [-0.2, -0.15) is 4.52 Å². The second kappa shape index (κ2) is 6.63. The maximum atomic E-state index is 12.6. The van der Waals surface area contributed by atoms with Crippen LogP contribution in [0.25, 0.3) is 16.6 Å². The van der Waals surface area contributed by atoms with Crippen LogP contribution in [-0.4, -0.2) is 49.2 Å². The molecule has 3 aromatic rings. The van der Waals surface area contributed by atoms with Crippen LogP contribution in [0.4, 0.5) is 0 Å². The van der Waals surface area contributed by atoms with Crippen molar-refractivity contribution in [3.63, 3.8) is 0 Å². The average molecular weight is 355 g/mol. The van der Waals surface area contributed by atoms with Crippen LogP contribution in [0.15, 0.2) is 29.4 Å². The third kappa shape index (κ3) is 3.20. The fourth-order valence-corrected chi connectivity index (χ4v) is 4.21. The summed E-state index contributed by atoms with van der Waals surface area (Å²) in [5.41, 5.74) is 1.67. The van der Waals surface area contributed by atoms with Gasteiger partial charge in [-0.3, -0.25) is 4.79 Å². The van der Waals surface area contributed by atoms with Crippen LogP contribution in [0.1, 0.15) is 25.6 Å². The summed E-state index contributed by atoms with van der Waals surface area (Å²) in [5.74, 6) is 1.85. The smallest absolute Gasteiger partial charge is 0.233 e. The Bertz CT molecular complexity index is 938. The predicted octanol–water partition coefficient (Wildman–Crippen LogP) is 2.94. The first-order chi connectivity index (χ1) is 12.1. The van der Waals surface area contributed by atoms with Gasteiger partial charge in [0.2, 0.25) is 5.91 Å². The Morgan fingerprint density at radius 1 is 1.32 bits per heavy atom. The Hall–Kier alpha value is -2.15. The fraction of sp³-hybridized carbons (Fsp3) is 0.444. The van der Waals surface area contributed by atoms with Gasteiger partial charge in [-0.15, -0.1) is 5.10 Å². The van der Waals surface area contributed by atoms with Crippen LogP contribution < -0.4 is 0 Å². The van der Waals surface area contributed by atoms with Crippen molar-refractivity contribution in [2.24, 2.45) is 5.92 Å². The van der Waals surface area contributed by atoms with Crippen molar-refractivity contribution < 1.29 is 4.79 Å². The van der Waals surface area contributed by atoms with Gasteiger partial charge >= 0.3 is 0 Å². The van der Waals surface area contributed by atoms with Gasteiger partial charge in [0.1, 0.15) is 5.82 Å². The average Bonchev–Trinajstić information content (AvgIpc) is 3.01. The number of aryl methyl sites for hydroxylation is 1. The number of hydrogen-bond donors (Lipinski definition) is 0. The Labute approximate surface area is 150 Å². The zero-order valence-corrected chi connectivity index (χ0v) is 15.3. The summed E-state index contributed by atoms with van der Waals surface area (Å²) < 4.78 is 1.76. The highest BCUT2D eigenvalue weighted by Gasteiger charge is 2.22. The third-order valence-corrected chi connectivity index (χ3v) is 5.50. The van der Waals surface area contributed by atoms with Crippen molar-refractivity contribution in [3.05, 3.63) is 30.1 Å². The molecule has 1 atom stereocenters. The Kier molecular flexibility index (Phi) is 4.33. The van der Waals surface area contributed by atoms with E-state index in [1.807, 2.05) is 36.1 Å². The van der Waals surface area contributed by atoms with E-state index in [1.165, 1.54) is 18.2 Å². The van der Waals surface area contributed by atoms with Gasteiger partial charge in [-0.05, 0) is 37.8 Å². The largest absolute Gasteiger partial charge is 0.342 e. The molecule has 1 amide bonds. The SMILES string of the molecule is Cc1nc2c3ccccc3nc(SCC(=O)N3CCCC(C)C3)n2n1. The minimum atomic E-state index is 0.177. The first-order valence-corrected chi connectivity index (χ1v) is 9.63. The van der Waals surface area contributed by atoms with Gasteiger partial charge in [0.15, 0.2) is 10.8 Å². The lowest BCUT2D eigenvalue weighted by atomic mass is 10.0. The van der Waals surface area contributed by atoms with E-state index in [4.69, 9.17) is 4.98 Å². The third-order valence-electron chi connectivity index (χ3n) is 4.59. The zero-order chi connectivity index (χ0) is 17.4. The normalized spacial score (nSPS) is 18.2. The summed E-state index contributed by atoms with van der Waals surface area (Å²) in [6.45, 7) is 5.81. The van der Waals surface area contributed by atoms with Crippen LogP contribution in [-0.2, 0) is 4.79 Å². The van der Waals surface area contributed by atoms with E-state index in [0.29, 0.717) is 22.7 Å². The van der Waals surface area contributed by atoms with Gasteiger partial charge in [-0.1, -0.05) is 30.8 Å². The second-order valence-electron chi connectivity index (χ2n) is 6.68. The number of hydrogen-bond acceptors (Lipinski definition) is 5. The topological polar surface area (TPSA) is 63.4 Å². The van der Waals surface area contributed by atoms with Crippen molar-refractivity contribution >= 4 is 34.2 Å². The molecule has 4 rings (SSSR count). The lowest BCUT2D eigenvalue weighted by Gasteiger charge is -2.30. The minimum Gasteiger partial charge on any atom is -0.342 e. The molecule has 1 unspecified atom stereocenters. The molecule has 0 N–H and O–H groups in total. The van der Waals surface area contributed by atoms with E-state index in [0.717, 1.165) is 36.1 Å². The molecule has 1 fully saturated rings. The molecule has 0 spiro atoms. The molecule has 0 saturated carbocycles. The summed E-state index contributed by atoms with van der Waals surface area (Å²) >= 11 is 1.44. The lowest BCUT2D eigenvalue weighted by Crippen LogP contribution is -2.40. The van der Waals surface area contributed by atoms with Crippen LogP contribution in [0, 0.1) is 12.8 Å². The molecule has 25 heavy (non-hydrogen) atoms. The van der Waals surface area contributed by atoms with Crippen LogP contribution in [0.2, 0.25) is 0 Å². The van der Waals surface area contributed by atoms with Crippen LogP contribution in [0.5, 0.6) is 0 Å². The zero-order valence-electron chi connectivity index (χ0n) is 14.5. The van der Waals surface area contributed by atoms with Crippen LogP contribution >= 0.6 is 11.8 Å². The molecule has 2 aromatic heterocycles. The second-order valence-corrected chi connectivity index (χ2v) is 7.62. The molecule has 130 valence electrons. The molecular formula is C18H21N5OS. The van der Waals surface area contributed by atoms with Crippen molar-refractivity contribution in [2.75, 3.05) is 18.8 Å². The van der Waals surface area contributed by atoms with E-state index in [2.05, 4.69) is 17.0 Å². The van der Waals surface area contributed by atoms with Gasteiger partial charge < -0.3 is 4.90 Å². The number of likely N-dealkylation sites (tertiary alicyclic amines) is 1. The highest BCUT2D eigenvalue weighted by Crippen LogP contribution is 2.24. The summed E-state index contributed by atoms with van der Waals surface area (Å²) in [4.78, 5) is 23.8. The molecule has 6 nitrogen and oxygen atoms in total. The molecule has 1 aliphatic heterocycles. The molecule has 1 aliphatic rings. The van der Waals surface area contributed by atoms with E-state index in [1.54, 1.807) is 4.52 Å². The van der Waals surface area contributed by atoms with Crippen molar-refractivity contribution in [1.82, 2.24) is 24.5 Å². The molecule has 1 saturated heterocycles. The summed E-state index contributed by atoms with van der Waals surface area (Å²) in [6, 6.07) is 7.91. The maximum absolute atomic E-state index is 12.6. The number of carbonyl (C=O) groups excluding carboxylic acids is 1. The first-order valence-electron chi connectivity index (χ1n) is 8.64. The van der Waals surface area contributed by atoms with Crippen LogP contribution in [0.3, 0.4) is 0 Å². The summed E-state index contributed by atoms with van der Waals surface area (Å²) in [6.07, 6.45) is 2.31. The van der Waals surface area contributed by atoms with E-state index in [-0.39, 0.29) is 5.91 Å². The molecular weight excluding hydrogens is 334 g/mol. The van der Waals surface area contributed by atoms with Gasteiger partial charge in [0.25, 0.3) is 0 Å². The van der Waals surface area contributed by atoms with Crippen molar-refractivity contribution in [1.29, 1.82) is 0 Å². The van der Waals surface area contributed by atoms with Gasteiger partial charge in [0, 0.05) is 18.5 Å². The standard InChI is InChI=1S/C18H21N5OS/c1-12-6-5-9-22(10-12)16(24)11-25-18-20-15-8-4-3-7-14(15)17-19-13(2)21-23(17)18/h3-4,7-8,12H,5-6,9-11H2,1-2H3. The number of fused-ring (bicyclic) bond motifs is 3. The highest BCUT2D eigenvalue weighted by molar-refractivity contribution is 7.99. The summed E-state index contributed by atoms with van der Waals surface area (Å²) in [7, 11) is 0. The first kappa shape index (κ1) is 16.3. The quantitative estimate of drug-likeness (QED) is 0.534. The van der Waals surface area contributed by atoms with Gasteiger partial charge in [0.05, 0.1) is 11.3 Å². The highest BCUT2D eigenvalue weighted by atomic mass is 32.2. The number of piperidine rings is 1. The van der Waals surface area contributed by atoms with Gasteiger partial charge in [-0.25, -0.2) is 9.97 Å². The fourth-order valence-electron chi connectivity index (χ4n) is 3.36.